The summed E-state index contributed by atoms with van der Waals surface area (Å²) in [5, 5.41) is 20.3. The summed E-state index contributed by atoms with van der Waals surface area (Å²) in [5.41, 5.74) is 0. The maximum Gasteiger partial charge on any atom is 0.220 e. The van der Waals surface area contributed by atoms with Gasteiger partial charge in [-0.2, -0.15) is 5.26 Å². The van der Waals surface area contributed by atoms with Crippen molar-refractivity contribution in [3.63, 3.8) is 0 Å². The van der Waals surface area contributed by atoms with E-state index in [0.717, 1.165) is 38.5 Å². The van der Waals surface area contributed by atoms with Gasteiger partial charge in [0.15, 0.2) is 0 Å². The molecule has 1 unspecified atom stereocenters. The Hall–Kier alpha value is -2.56. The van der Waals surface area contributed by atoms with Gasteiger partial charge in [-0.15, -0.1) is 5.92 Å². The van der Waals surface area contributed by atoms with E-state index in [1.807, 2.05) is 6.92 Å². The van der Waals surface area contributed by atoms with Crippen molar-refractivity contribution in [2.24, 2.45) is 5.92 Å². The fourth-order valence-electron chi connectivity index (χ4n) is 2.19. The first-order valence-corrected chi connectivity index (χ1v) is 10.5. The number of amides is 1. The van der Waals surface area contributed by atoms with Crippen molar-refractivity contribution in [3.8, 4) is 17.9 Å². The zero-order chi connectivity index (χ0) is 21.6. The van der Waals surface area contributed by atoms with Gasteiger partial charge < -0.3 is 10.4 Å². The number of nitrogens with zero attached hydrogens (tertiary/aromatic N) is 1. The summed E-state index contributed by atoms with van der Waals surface area (Å²) in [6.45, 7) is 3.64. The number of allylic oxidation sites excluding steroid dienone is 8. The molecule has 0 bridgehead atoms. The zero-order valence-corrected chi connectivity index (χ0v) is 17.9. The molecule has 0 aliphatic heterocycles. The van der Waals surface area contributed by atoms with Gasteiger partial charge in [0.25, 0.3) is 0 Å². The van der Waals surface area contributed by atoms with Crippen LogP contribution in [0.3, 0.4) is 0 Å². The minimum atomic E-state index is -0.169. The third-order valence-corrected chi connectivity index (χ3v) is 3.91. The van der Waals surface area contributed by atoms with E-state index in [1.165, 1.54) is 0 Å². The molecule has 2 N–H and O–H groups in total. The van der Waals surface area contributed by atoms with Crippen LogP contribution in [0.1, 0.15) is 65.2 Å². The summed E-state index contributed by atoms with van der Waals surface area (Å²) in [5.74, 6) is 6.08. The van der Waals surface area contributed by atoms with E-state index in [4.69, 9.17) is 10.4 Å². The first kappa shape index (κ1) is 26.4. The first-order chi connectivity index (χ1) is 14.1. The first-order valence-electron chi connectivity index (χ1n) is 10.5. The number of aliphatic hydroxyl groups is 1. The highest BCUT2D eigenvalue weighted by atomic mass is 16.3. The largest absolute Gasteiger partial charge is 0.394 e. The Morgan fingerprint density at radius 3 is 2.14 bits per heavy atom. The predicted molar refractivity (Wildman–Crippen MR) is 121 cm³/mol. The Morgan fingerprint density at radius 1 is 0.966 bits per heavy atom. The van der Waals surface area contributed by atoms with Gasteiger partial charge in [-0.05, 0) is 46.0 Å². The Kier molecular flexibility index (Phi) is 18.4. The van der Waals surface area contributed by atoms with Crippen LogP contribution in [0.15, 0.2) is 48.6 Å². The summed E-state index contributed by atoms with van der Waals surface area (Å²) in [4.78, 5) is 11.5. The molecule has 0 saturated carbocycles. The second-order valence-corrected chi connectivity index (χ2v) is 6.93. The summed E-state index contributed by atoms with van der Waals surface area (Å²) < 4.78 is 0. The van der Waals surface area contributed by atoms with Gasteiger partial charge in [0.1, 0.15) is 0 Å². The molecule has 158 valence electrons. The van der Waals surface area contributed by atoms with Gasteiger partial charge in [-0.25, -0.2) is 0 Å². The number of carbonyl (C=O) groups excluding carboxylic acids is 1. The van der Waals surface area contributed by atoms with Gasteiger partial charge in [-0.3, -0.25) is 4.79 Å². The molecule has 0 saturated heterocycles. The molecule has 4 nitrogen and oxygen atoms in total. The average Bonchev–Trinajstić information content (AvgIpc) is 2.72. The average molecular weight is 397 g/mol. The molecule has 0 radical (unpaired) electrons. The number of nitrogens with one attached hydrogen (secondary N) is 1. The van der Waals surface area contributed by atoms with Crippen LogP contribution in [0.25, 0.3) is 0 Å². The number of aliphatic hydroxyl groups excluding tert-OH is 1. The molecule has 1 amide bonds. The smallest absolute Gasteiger partial charge is 0.220 e. The molecule has 0 aliphatic carbocycles. The van der Waals surface area contributed by atoms with Crippen molar-refractivity contribution >= 4 is 5.91 Å². The number of hydrogen-bond acceptors (Lipinski definition) is 3. The monoisotopic (exact) mass is 396 g/mol. The number of unbranched alkanes of at least 4 members (excludes halogenated alkanes) is 1. The molecule has 0 aromatic heterocycles. The molecule has 0 fully saturated rings. The molecule has 4 heteroatoms. The Labute approximate surface area is 177 Å². The quantitative estimate of drug-likeness (QED) is 0.247. The Balaban J connectivity index is 3.61. The predicted octanol–water partition coefficient (Wildman–Crippen LogP) is 4.99. The maximum atomic E-state index is 11.5. The minimum absolute atomic E-state index is 0.000333. The molecule has 0 aromatic carbocycles. The molecular formula is C25H36N2O2. The SMILES string of the molecule is CC(C#N)CC#CC/C=C/C/C=C/C/C=C/C/C=C/CCCC(=O)N[C@H](C)CO. The van der Waals surface area contributed by atoms with Crippen LogP contribution in [0.4, 0.5) is 0 Å². The van der Waals surface area contributed by atoms with E-state index >= 15 is 0 Å². The zero-order valence-electron chi connectivity index (χ0n) is 17.9. The van der Waals surface area contributed by atoms with Gasteiger partial charge in [0, 0.05) is 25.3 Å². The van der Waals surface area contributed by atoms with Crippen molar-refractivity contribution in [1.82, 2.24) is 5.32 Å². The Bertz CT molecular complexity index is 642. The molecule has 0 rings (SSSR count). The minimum Gasteiger partial charge on any atom is -0.394 e. The lowest BCUT2D eigenvalue weighted by molar-refractivity contribution is -0.122. The van der Waals surface area contributed by atoms with Crippen LogP contribution in [-0.4, -0.2) is 23.7 Å². The van der Waals surface area contributed by atoms with E-state index in [2.05, 4.69) is 71.8 Å². The third kappa shape index (κ3) is 20.0. The van der Waals surface area contributed by atoms with Crippen LogP contribution in [-0.2, 0) is 4.79 Å². The van der Waals surface area contributed by atoms with E-state index in [9.17, 15) is 4.79 Å². The second kappa shape index (κ2) is 20.2. The van der Waals surface area contributed by atoms with Crippen molar-refractivity contribution in [3.05, 3.63) is 48.6 Å². The summed E-state index contributed by atoms with van der Waals surface area (Å²) in [6.07, 6.45) is 23.3. The van der Waals surface area contributed by atoms with Crippen molar-refractivity contribution in [2.45, 2.75) is 71.3 Å². The maximum absolute atomic E-state index is 11.5. The van der Waals surface area contributed by atoms with Crippen molar-refractivity contribution < 1.29 is 9.90 Å². The van der Waals surface area contributed by atoms with Crippen LogP contribution in [0, 0.1) is 29.1 Å². The molecule has 0 aromatic rings. The highest BCUT2D eigenvalue weighted by Gasteiger charge is 2.04. The molecule has 0 aliphatic rings. The van der Waals surface area contributed by atoms with Gasteiger partial charge >= 0.3 is 0 Å². The standard InChI is InChI=1S/C25H36N2O2/c1-23(21-26)19-17-15-13-11-9-7-5-3-4-6-8-10-12-14-16-18-20-25(29)27-24(2)22-28/h3,5-6,8-9,11-12,14,23-24,28H,4,7,10,13,16,18-20,22H2,1-2H3,(H,27,29)/b5-3+,8-6+,11-9+,14-12+/t23?,24-/m1/s1. The van der Waals surface area contributed by atoms with E-state index < -0.39 is 0 Å². The topological polar surface area (TPSA) is 73.1 Å². The highest BCUT2D eigenvalue weighted by molar-refractivity contribution is 5.76. The number of carbonyl (C=O) groups is 1. The number of rotatable bonds is 14. The van der Waals surface area contributed by atoms with Crippen molar-refractivity contribution in [1.29, 1.82) is 5.26 Å². The van der Waals surface area contributed by atoms with Gasteiger partial charge in [0.2, 0.25) is 5.91 Å². The third-order valence-electron chi connectivity index (χ3n) is 3.91. The molecule has 2 atom stereocenters. The van der Waals surface area contributed by atoms with Crippen molar-refractivity contribution in [2.75, 3.05) is 6.61 Å². The fourth-order valence-corrected chi connectivity index (χ4v) is 2.19. The fraction of sp³-hybridized carbons (Fsp3) is 0.520. The Morgan fingerprint density at radius 2 is 1.55 bits per heavy atom. The molecule has 0 heterocycles. The van der Waals surface area contributed by atoms with Gasteiger partial charge in [0.05, 0.1) is 18.6 Å². The summed E-state index contributed by atoms with van der Waals surface area (Å²) in [7, 11) is 0. The molecular weight excluding hydrogens is 360 g/mol. The van der Waals surface area contributed by atoms with Crippen LogP contribution in [0.2, 0.25) is 0 Å². The lowest BCUT2D eigenvalue weighted by Gasteiger charge is -2.09. The van der Waals surface area contributed by atoms with E-state index in [0.29, 0.717) is 12.8 Å². The normalized spacial score (nSPS) is 13.6. The molecule has 0 spiro atoms. The lowest BCUT2D eigenvalue weighted by Crippen LogP contribution is -2.34. The number of nitriles is 1. The van der Waals surface area contributed by atoms with Gasteiger partial charge in [-0.1, -0.05) is 54.5 Å². The van der Waals surface area contributed by atoms with Crippen LogP contribution >= 0.6 is 0 Å². The molecule has 29 heavy (non-hydrogen) atoms. The van der Waals surface area contributed by atoms with E-state index in [1.54, 1.807) is 6.92 Å². The highest BCUT2D eigenvalue weighted by Crippen LogP contribution is 2.00. The summed E-state index contributed by atoms with van der Waals surface area (Å²) >= 11 is 0. The number of hydrogen-bond donors (Lipinski definition) is 2. The lowest BCUT2D eigenvalue weighted by atomic mass is 10.1. The van der Waals surface area contributed by atoms with Crippen LogP contribution < -0.4 is 5.32 Å². The van der Waals surface area contributed by atoms with E-state index in [-0.39, 0.29) is 24.5 Å². The second-order valence-electron chi connectivity index (χ2n) is 6.93. The van der Waals surface area contributed by atoms with Crippen LogP contribution in [0.5, 0.6) is 0 Å². The summed E-state index contributed by atoms with van der Waals surface area (Å²) in [6, 6.07) is 2.00.